The number of rotatable bonds is 5. The molecule has 1 N–H and O–H groups in total. The van der Waals surface area contributed by atoms with Crippen LogP contribution in [0.25, 0.3) is 5.65 Å². The third-order valence-corrected chi connectivity index (χ3v) is 3.96. The lowest BCUT2D eigenvalue weighted by atomic mass is 10.3. The Bertz CT molecular complexity index is 1000. The van der Waals surface area contributed by atoms with Crippen LogP contribution >= 0.6 is 0 Å². The fourth-order valence-electron chi connectivity index (χ4n) is 2.56. The number of benzene rings is 1. The Morgan fingerprint density at radius 1 is 1.36 bits per heavy atom. The second-order valence-corrected chi connectivity index (χ2v) is 6.16. The molecule has 4 rings (SSSR count). The lowest BCUT2D eigenvalue weighted by Crippen LogP contribution is -2.14. The fourth-order valence-corrected chi connectivity index (χ4v) is 2.56. The summed E-state index contributed by atoms with van der Waals surface area (Å²) in [6.45, 7) is 1.90. The average molecular weight is 339 g/mol. The summed E-state index contributed by atoms with van der Waals surface area (Å²) in [6.07, 6.45) is 1.92. The minimum absolute atomic E-state index is 0.0487. The number of carbonyl (C=O) groups excluding carboxylic acids is 1. The van der Waals surface area contributed by atoms with Gasteiger partial charge in [0.25, 0.3) is 5.56 Å². The zero-order valence-electron chi connectivity index (χ0n) is 13.7. The van der Waals surface area contributed by atoms with Crippen LogP contribution in [0.2, 0.25) is 0 Å². The molecule has 0 radical (unpaired) electrons. The number of hydrogen-bond acceptors (Lipinski definition) is 5. The highest BCUT2D eigenvalue weighted by Gasteiger charge is 2.29. The summed E-state index contributed by atoms with van der Waals surface area (Å²) in [7, 11) is 0. The molecule has 7 nitrogen and oxygen atoms in total. The van der Waals surface area contributed by atoms with Crippen LogP contribution in [0.5, 0.6) is 5.75 Å². The molecular weight excluding hydrogens is 322 g/mol. The molecule has 0 aliphatic heterocycles. The van der Waals surface area contributed by atoms with E-state index in [1.807, 2.05) is 12.1 Å². The lowest BCUT2D eigenvalue weighted by Gasteiger charge is -2.09. The first-order valence-electron chi connectivity index (χ1n) is 8.12. The zero-order valence-corrected chi connectivity index (χ0v) is 13.7. The van der Waals surface area contributed by atoms with E-state index in [2.05, 4.69) is 10.3 Å². The van der Waals surface area contributed by atoms with Crippen LogP contribution in [0.15, 0.2) is 45.7 Å². The molecule has 1 amide bonds. The van der Waals surface area contributed by atoms with Gasteiger partial charge in [0.05, 0.1) is 5.69 Å². The SMILES string of the molecule is Cc1cc2nc(COc3cccc(NC(=O)C4CC4)c3)cc(=O)n2o1. The molecular formula is C18H17N3O4. The van der Waals surface area contributed by atoms with E-state index in [-0.39, 0.29) is 24.0 Å². The highest BCUT2D eigenvalue weighted by molar-refractivity contribution is 5.94. The summed E-state index contributed by atoms with van der Waals surface area (Å²) in [6, 6.07) is 10.3. The quantitative estimate of drug-likeness (QED) is 0.772. The van der Waals surface area contributed by atoms with Crippen molar-refractivity contribution in [1.29, 1.82) is 0 Å². The number of amides is 1. The van der Waals surface area contributed by atoms with E-state index in [1.54, 1.807) is 25.1 Å². The van der Waals surface area contributed by atoms with Gasteiger partial charge in [-0.05, 0) is 31.9 Å². The average Bonchev–Trinajstić information content (AvgIpc) is 3.36. The van der Waals surface area contributed by atoms with Crippen LogP contribution in [-0.4, -0.2) is 15.5 Å². The van der Waals surface area contributed by atoms with Gasteiger partial charge in [-0.15, -0.1) is 4.57 Å². The molecule has 1 fully saturated rings. The molecule has 0 unspecified atom stereocenters. The van der Waals surface area contributed by atoms with Crippen molar-refractivity contribution in [3.63, 3.8) is 0 Å². The number of carbonyl (C=O) groups is 1. The minimum Gasteiger partial charge on any atom is -0.487 e. The second-order valence-electron chi connectivity index (χ2n) is 6.16. The molecule has 0 spiro atoms. The summed E-state index contributed by atoms with van der Waals surface area (Å²) in [5.41, 5.74) is 1.37. The second kappa shape index (κ2) is 6.08. The molecule has 1 aliphatic carbocycles. The van der Waals surface area contributed by atoms with Gasteiger partial charge in [-0.25, -0.2) is 4.98 Å². The van der Waals surface area contributed by atoms with Crippen molar-refractivity contribution in [3.8, 4) is 5.75 Å². The predicted octanol–water partition coefficient (Wildman–Crippen LogP) is 2.52. The summed E-state index contributed by atoms with van der Waals surface area (Å²) >= 11 is 0. The van der Waals surface area contributed by atoms with Gasteiger partial charge in [0.15, 0.2) is 5.65 Å². The molecule has 3 aromatic rings. The smallest absolute Gasteiger partial charge is 0.287 e. The maximum absolute atomic E-state index is 12.0. The molecule has 2 aromatic heterocycles. The number of ether oxygens (including phenoxy) is 1. The Labute approximate surface area is 143 Å². The Hall–Kier alpha value is -3.09. The summed E-state index contributed by atoms with van der Waals surface area (Å²) in [4.78, 5) is 28.2. The fraction of sp³-hybridized carbons (Fsp3) is 0.278. The third-order valence-electron chi connectivity index (χ3n) is 3.96. The monoisotopic (exact) mass is 339 g/mol. The highest BCUT2D eigenvalue weighted by Crippen LogP contribution is 2.30. The first-order chi connectivity index (χ1) is 12.1. The Morgan fingerprint density at radius 2 is 2.20 bits per heavy atom. The predicted molar refractivity (Wildman–Crippen MR) is 90.6 cm³/mol. The van der Waals surface area contributed by atoms with E-state index in [0.29, 0.717) is 28.5 Å². The van der Waals surface area contributed by atoms with E-state index < -0.39 is 0 Å². The molecule has 0 saturated heterocycles. The van der Waals surface area contributed by atoms with Crippen molar-refractivity contribution >= 4 is 17.2 Å². The molecule has 2 heterocycles. The topological polar surface area (TPSA) is 85.8 Å². The third kappa shape index (κ3) is 3.40. The van der Waals surface area contributed by atoms with Crippen molar-refractivity contribution in [2.75, 3.05) is 5.32 Å². The van der Waals surface area contributed by atoms with E-state index in [9.17, 15) is 9.59 Å². The number of nitrogens with zero attached hydrogens (tertiary/aromatic N) is 2. The van der Waals surface area contributed by atoms with Crippen molar-refractivity contribution < 1.29 is 14.1 Å². The van der Waals surface area contributed by atoms with E-state index >= 15 is 0 Å². The first kappa shape index (κ1) is 15.4. The Balaban J connectivity index is 1.47. The number of aryl methyl sites for hydroxylation is 1. The minimum atomic E-state index is -0.290. The van der Waals surface area contributed by atoms with E-state index in [1.165, 1.54) is 6.07 Å². The van der Waals surface area contributed by atoms with Crippen LogP contribution in [-0.2, 0) is 11.4 Å². The molecule has 128 valence electrons. The largest absolute Gasteiger partial charge is 0.487 e. The van der Waals surface area contributed by atoms with Gasteiger partial charge in [-0.3, -0.25) is 9.59 Å². The van der Waals surface area contributed by atoms with E-state index in [4.69, 9.17) is 9.26 Å². The van der Waals surface area contributed by atoms with Crippen molar-refractivity contribution in [3.05, 3.63) is 58.2 Å². The molecule has 7 heteroatoms. The number of anilines is 1. The van der Waals surface area contributed by atoms with Crippen LogP contribution < -0.4 is 15.6 Å². The van der Waals surface area contributed by atoms with Crippen molar-refractivity contribution in [1.82, 2.24) is 9.56 Å². The van der Waals surface area contributed by atoms with Crippen LogP contribution in [0.1, 0.15) is 24.3 Å². The molecule has 25 heavy (non-hydrogen) atoms. The van der Waals surface area contributed by atoms with E-state index in [0.717, 1.165) is 17.4 Å². The Kier molecular flexibility index (Phi) is 3.76. The van der Waals surface area contributed by atoms with Gasteiger partial charge in [-0.1, -0.05) is 6.07 Å². The van der Waals surface area contributed by atoms with Gasteiger partial charge >= 0.3 is 0 Å². The van der Waals surface area contributed by atoms with Crippen LogP contribution in [0, 0.1) is 12.8 Å². The number of hydrogen-bond donors (Lipinski definition) is 1. The Morgan fingerprint density at radius 3 is 3.00 bits per heavy atom. The summed E-state index contributed by atoms with van der Waals surface area (Å²) < 4.78 is 12.1. The van der Waals surface area contributed by atoms with Crippen LogP contribution in [0.4, 0.5) is 5.69 Å². The van der Waals surface area contributed by atoms with Gasteiger partial charge in [-0.2, -0.15) is 0 Å². The van der Waals surface area contributed by atoms with Crippen molar-refractivity contribution in [2.24, 2.45) is 5.92 Å². The van der Waals surface area contributed by atoms with Crippen LogP contribution in [0.3, 0.4) is 0 Å². The van der Waals surface area contributed by atoms with Gasteiger partial charge in [0.1, 0.15) is 18.1 Å². The van der Waals surface area contributed by atoms with Gasteiger partial charge < -0.3 is 14.6 Å². The molecule has 1 aromatic carbocycles. The lowest BCUT2D eigenvalue weighted by molar-refractivity contribution is -0.117. The maximum Gasteiger partial charge on any atom is 0.287 e. The number of fused-ring (bicyclic) bond motifs is 1. The molecule has 0 atom stereocenters. The number of nitrogens with one attached hydrogen (secondary N) is 1. The zero-order chi connectivity index (χ0) is 17.4. The normalized spacial score (nSPS) is 13.8. The standard InChI is InChI=1S/C18H17N3O4/c1-11-7-16-19-14(9-17(22)21(16)25-11)10-24-15-4-2-3-13(8-15)20-18(23)12-5-6-12/h2-4,7-9,12H,5-6,10H2,1H3,(H,20,23). The molecule has 1 aliphatic rings. The molecule has 0 bridgehead atoms. The van der Waals surface area contributed by atoms with Gasteiger partial charge in [0, 0.05) is 29.8 Å². The van der Waals surface area contributed by atoms with Crippen molar-refractivity contribution in [2.45, 2.75) is 26.4 Å². The highest BCUT2D eigenvalue weighted by atomic mass is 16.5. The number of aromatic nitrogens is 2. The molecule has 1 saturated carbocycles. The first-order valence-corrected chi connectivity index (χ1v) is 8.12. The van der Waals surface area contributed by atoms with Gasteiger partial charge in [0.2, 0.25) is 5.91 Å². The summed E-state index contributed by atoms with van der Waals surface area (Å²) in [5, 5.41) is 2.88. The maximum atomic E-state index is 12.0. The summed E-state index contributed by atoms with van der Waals surface area (Å²) in [5.74, 6) is 1.40.